The van der Waals surface area contributed by atoms with Crippen LogP contribution in [-0.2, 0) is 14.3 Å². The van der Waals surface area contributed by atoms with Crippen molar-refractivity contribution in [3.05, 3.63) is 0 Å². The second-order valence-electron chi connectivity index (χ2n) is 4.03. The molecule has 4 nitrogen and oxygen atoms in total. The predicted molar refractivity (Wildman–Crippen MR) is 62.7 cm³/mol. The molecule has 1 amide bonds. The second-order valence-corrected chi connectivity index (χ2v) is 4.34. The van der Waals surface area contributed by atoms with Crippen LogP contribution in [0.4, 0.5) is 0 Å². The van der Waals surface area contributed by atoms with Gasteiger partial charge in [0.15, 0.2) is 0 Å². The molecule has 0 bridgehead atoms. The summed E-state index contributed by atoms with van der Waals surface area (Å²) in [6, 6.07) is -0.114. The molecule has 0 radical (unpaired) electrons. The molecular weight excluding hydrogens is 230 g/mol. The van der Waals surface area contributed by atoms with Crippen LogP contribution in [0.1, 0.15) is 19.8 Å². The van der Waals surface area contributed by atoms with Crippen molar-refractivity contribution < 1.29 is 14.3 Å². The van der Waals surface area contributed by atoms with Crippen LogP contribution in [0.15, 0.2) is 0 Å². The molecule has 0 aromatic rings. The highest BCUT2D eigenvalue weighted by Gasteiger charge is 2.33. The molecule has 3 unspecified atom stereocenters. The first-order valence-corrected chi connectivity index (χ1v) is 6.23. The predicted octanol–water partition coefficient (Wildman–Crippen LogP) is 1.17. The summed E-state index contributed by atoms with van der Waals surface area (Å²) in [7, 11) is 1.60. The van der Waals surface area contributed by atoms with Gasteiger partial charge in [-0.05, 0) is 12.8 Å². The van der Waals surface area contributed by atoms with Gasteiger partial charge < -0.3 is 14.8 Å². The molecule has 94 valence electrons. The number of amides is 1. The molecule has 5 heteroatoms. The Kier molecular flexibility index (Phi) is 6.09. The van der Waals surface area contributed by atoms with Gasteiger partial charge in [0.2, 0.25) is 5.91 Å². The monoisotopic (exact) mass is 249 g/mol. The number of carbonyl (C=O) groups is 1. The number of ether oxygens (including phenoxy) is 2. The van der Waals surface area contributed by atoms with Gasteiger partial charge >= 0.3 is 0 Å². The third kappa shape index (κ3) is 3.61. The van der Waals surface area contributed by atoms with Gasteiger partial charge in [0, 0.05) is 19.6 Å². The van der Waals surface area contributed by atoms with E-state index >= 15 is 0 Å². The molecule has 1 N–H and O–H groups in total. The number of hydrogen-bond donors (Lipinski definition) is 1. The van der Waals surface area contributed by atoms with E-state index in [1.54, 1.807) is 7.11 Å². The van der Waals surface area contributed by atoms with Gasteiger partial charge in [-0.2, -0.15) is 0 Å². The van der Waals surface area contributed by atoms with E-state index in [-0.39, 0.29) is 24.0 Å². The zero-order valence-corrected chi connectivity index (χ0v) is 10.6. The average Bonchev–Trinajstić information content (AvgIpc) is 2.76. The lowest BCUT2D eigenvalue weighted by Crippen LogP contribution is -2.44. The summed E-state index contributed by atoms with van der Waals surface area (Å²) < 4.78 is 10.5. The number of carbonyl (C=O) groups excluding carboxylic acids is 1. The third-order valence-electron chi connectivity index (χ3n) is 2.85. The van der Waals surface area contributed by atoms with E-state index in [9.17, 15) is 4.79 Å². The van der Waals surface area contributed by atoms with Crippen LogP contribution in [0.5, 0.6) is 0 Å². The van der Waals surface area contributed by atoms with Crippen molar-refractivity contribution in [2.24, 2.45) is 5.92 Å². The summed E-state index contributed by atoms with van der Waals surface area (Å²) in [5, 5.41) is 2.90. The maximum atomic E-state index is 12.0. The summed E-state index contributed by atoms with van der Waals surface area (Å²) in [6.07, 6.45) is 1.72. The van der Waals surface area contributed by atoms with Gasteiger partial charge in [0.1, 0.15) is 0 Å². The molecule has 0 aromatic heterocycles. The standard InChI is InChI=1S/C11H20ClNO3/c1-3-10-9(4-5-16-10)11(14)13-8(6-12)7-15-2/h8-10H,3-7H2,1-2H3,(H,13,14). The topological polar surface area (TPSA) is 47.6 Å². The van der Waals surface area contributed by atoms with E-state index in [1.165, 1.54) is 0 Å². The third-order valence-corrected chi connectivity index (χ3v) is 3.22. The van der Waals surface area contributed by atoms with Crippen LogP contribution in [-0.4, -0.2) is 44.3 Å². The van der Waals surface area contributed by atoms with Crippen molar-refractivity contribution in [3.63, 3.8) is 0 Å². The number of hydrogen-bond acceptors (Lipinski definition) is 3. The van der Waals surface area contributed by atoms with E-state index < -0.39 is 0 Å². The van der Waals surface area contributed by atoms with Crippen molar-refractivity contribution in [3.8, 4) is 0 Å². The summed E-state index contributed by atoms with van der Waals surface area (Å²) >= 11 is 5.74. The number of methoxy groups -OCH3 is 1. The van der Waals surface area contributed by atoms with Crippen molar-refractivity contribution in [1.29, 1.82) is 0 Å². The van der Waals surface area contributed by atoms with Crippen molar-refractivity contribution in [2.45, 2.75) is 31.9 Å². The second kappa shape index (κ2) is 7.09. The van der Waals surface area contributed by atoms with Crippen molar-refractivity contribution >= 4 is 17.5 Å². The van der Waals surface area contributed by atoms with Gasteiger partial charge in [-0.3, -0.25) is 4.79 Å². The molecule has 1 rings (SSSR count). The lowest BCUT2D eigenvalue weighted by molar-refractivity contribution is -0.127. The fraction of sp³-hybridized carbons (Fsp3) is 0.909. The lowest BCUT2D eigenvalue weighted by Gasteiger charge is -2.20. The summed E-state index contributed by atoms with van der Waals surface area (Å²) in [4.78, 5) is 12.0. The Bertz CT molecular complexity index is 225. The number of halogens is 1. The highest BCUT2D eigenvalue weighted by Crippen LogP contribution is 2.23. The van der Waals surface area contributed by atoms with E-state index in [1.807, 2.05) is 6.92 Å². The highest BCUT2D eigenvalue weighted by atomic mass is 35.5. The molecule has 1 aliphatic rings. The Labute approximate surface area is 102 Å². The Morgan fingerprint density at radius 3 is 3.00 bits per heavy atom. The normalized spacial score (nSPS) is 26.7. The molecule has 16 heavy (non-hydrogen) atoms. The van der Waals surface area contributed by atoms with Crippen LogP contribution >= 0.6 is 11.6 Å². The Hall–Kier alpha value is -0.320. The molecule has 3 atom stereocenters. The Morgan fingerprint density at radius 2 is 2.44 bits per heavy atom. The fourth-order valence-electron chi connectivity index (χ4n) is 1.98. The van der Waals surface area contributed by atoms with E-state index in [0.717, 1.165) is 12.8 Å². The number of nitrogens with one attached hydrogen (secondary N) is 1. The van der Waals surface area contributed by atoms with E-state index in [4.69, 9.17) is 21.1 Å². The first-order chi connectivity index (χ1) is 7.72. The lowest BCUT2D eigenvalue weighted by atomic mass is 9.98. The Balaban J connectivity index is 2.43. The van der Waals surface area contributed by atoms with Crippen molar-refractivity contribution in [1.82, 2.24) is 5.32 Å². The van der Waals surface area contributed by atoms with Gasteiger partial charge in [0.25, 0.3) is 0 Å². The maximum absolute atomic E-state index is 12.0. The van der Waals surface area contributed by atoms with E-state index in [2.05, 4.69) is 5.32 Å². The minimum absolute atomic E-state index is 0.0343. The molecule has 0 spiro atoms. The summed E-state index contributed by atoms with van der Waals surface area (Å²) in [6.45, 7) is 3.15. The van der Waals surface area contributed by atoms with Crippen LogP contribution in [0.3, 0.4) is 0 Å². The zero-order valence-electron chi connectivity index (χ0n) is 9.87. The van der Waals surface area contributed by atoms with Crippen LogP contribution in [0.25, 0.3) is 0 Å². The molecule has 0 aliphatic carbocycles. The van der Waals surface area contributed by atoms with Crippen LogP contribution in [0, 0.1) is 5.92 Å². The quantitative estimate of drug-likeness (QED) is 0.719. The fourth-order valence-corrected chi connectivity index (χ4v) is 2.15. The van der Waals surface area contributed by atoms with E-state index in [0.29, 0.717) is 19.1 Å². The molecule has 1 heterocycles. The molecule has 1 saturated heterocycles. The minimum atomic E-state index is -0.114. The molecule has 1 fully saturated rings. The molecular formula is C11H20ClNO3. The van der Waals surface area contributed by atoms with Gasteiger partial charge in [-0.25, -0.2) is 0 Å². The van der Waals surface area contributed by atoms with Crippen LogP contribution < -0.4 is 5.32 Å². The molecule has 1 aliphatic heterocycles. The first-order valence-electron chi connectivity index (χ1n) is 5.69. The number of rotatable bonds is 6. The highest BCUT2D eigenvalue weighted by molar-refractivity contribution is 6.18. The van der Waals surface area contributed by atoms with Crippen LogP contribution in [0.2, 0.25) is 0 Å². The van der Waals surface area contributed by atoms with Crippen molar-refractivity contribution in [2.75, 3.05) is 26.2 Å². The van der Waals surface area contributed by atoms with Gasteiger partial charge in [0.05, 0.1) is 24.7 Å². The SMILES string of the molecule is CCC1OCCC1C(=O)NC(CCl)COC. The Morgan fingerprint density at radius 1 is 1.69 bits per heavy atom. The molecule has 0 aromatic carbocycles. The average molecular weight is 250 g/mol. The maximum Gasteiger partial charge on any atom is 0.226 e. The zero-order chi connectivity index (χ0) is 12.0. The largest absolute Gasteiger partial charge is 0.383 e. The number of alkyl halides is 1. The molecule has 0 saturated carbocycles. The van der Waals surface area contributed by atoms with Gasteiger partial charge in [-0.15, -0.1) is 11.6 Å². The minimum Gasteiger partial charge on any atom is -0.383 e. The van der Waals surface area contributed by atoms with Gasteiger partial charge in [-0.1, -0.05) is 6.92 Å². The summed E-state index contributed by atoms with van der Waals surface area (Å²) in [5.74, 6) is 0.365. The first kappa shape index (κ1) is 13.7. The smallest absolute Gasteiger partial charge is 0.226 e. The summed E-state index contributed by atoms with van der Waals surface area (Å²) in [5.41, 5.74) is 0.